The lowest BCUT2D eigenvalue weighted by molar-refractivity contribution is -0.118. The number of nitrogens with zero attached hydrogens (tertiary/aromatic N) is 2. The smallest absolute Gasteiger partial charge is 0.221 e. The predicted molar refractivity (Wildman–Crippen MR) is 104 cm³/mol. The van der Waals surface area contributed by atoms with Gasteiger partial charge in [-0.25, -0.2) is 9.97 Å². The number of nitrogens with one attached hydrogen (secondary N) is 1. The number of rotatable bonds is 7. The summed E-state index contributed by atoms with van der Waals surface area (Å²) in [6.45, 7) is 6.08. The van der Waals surface area contributed by atoms with Gasteiger partial charge in [-0.15, -0.1) is 0 Å². The van der Waals surface area contributed by atoms with Gasteiger partial charge < -0.3 is 14.8 Å². The molecule has 0 spiro atoms. The van der Waals surface area contributed by atoms with Gasteiger partial charge in [0.05, 0.1) is 17.8 Å². The van der Waals surface area contributed by atoms with Crippen LogP contribution in [0.25, 0.3) is 10.9 Å². The molecule has 6 heteroatoms. The molecule has 140 valence electrons. The molecule has 1 amide bonds. The molecular formula is C21H23N3O3. The molecule has 0 atom stereocenters. The van der Waals surface area contributed by atoms with Gasteiger partial charge in [0.2, 0.25) is 17.7 Å². The largest absolute Gasteiger partial charge is 0.489 e. The van der Waals surface area contributed by atoms with Gasteiger partial charge in [0.25, 0.3) is 0 Å². The number of fused-ring (bicyclic) bond motifs is 1. The second kappa shape index (κ2) is 8.49. The van der Waals surface area contributed by atoms with E-state index in [1.807, 2.05) is 44.2 Å². The summed E-state index contributed by atoms with van der Waals surface area (Å²) in [6.07, 6.45) is 2.52. The Morgan fingerprint density at radius 3 is 2.63 bits per heavy atom. The van der Waals surface area contributed by atoms with Gasteiger partial charge in [0, 0.05) is 31.0 Å². The second-order valence-electron chi connectivity index (χ2n) is 6.51. The van der Waals surface area contributed by atoms with Crippen LogP contribution in [-0.4, -0.2) is 28.5 Å². The molecule has 1 aromatic carbocycles. The molecule has 1 N–H and O–H groups in total. The highest BCUT2D eigenvalue weighted by Gasteiger charge is 2.05. The van der Waals surface area contributed by atoms with E-state index in [1.54, 1.807) is 12.3 Å². The van der Waals surface area contributed by atoms with Crippen LogP contribution in [0.3, 0.4) is 0 Å². The number of hydrogen-bond acceptors (Lipinski definition) is 5. The average Bonchev–Trinajstić information content (AvgIpc) is 2.63. The topological polar surface area (TPSA) is 73.3 Å². The van der Waals surface area contributed by atoms with E-state index >= 15 is 0 Å². The minimum Gasteiger partial charge on any atom is -0.489 e. The van der Waals surface area contributed by atoms with Crippen molar-refractivity contribution in [3.05, 3.63) is 54.2 Å². The maximum absolute atomic E-state index is 11.0. The predicted octanol–water partition coefficient (Wildman–Crippen LogP) is 3.89. The molecule has 0 saturated heterocycles. The molecule has 3 aromatic rings. The number of carbonyl (C=O) groups excluding carboxylic acids is 1. The number of ether oxygens (including phenoxy) is 2. The van der Waals surface area contributed by atoms with Crippen LogP contribution in [0, 0.1) is 0 Å². The molecule has 6 nitrogen and oxygen atoms in total. The van der Waals surface area contributed by atoms with Crippen molar-refractivity contribution in [2.24, 2.45) is 0 Å². The molecule has 3 rings (SSSR count). The summed E-state index contributed by atoms with van der Waals surface area (Å²) in [5.41, 5.74) is 1.99. The zero-order valence-corrected chi connectivity index (χ0v) is 15.7. The van der Waals surface area contributed by atoms with E-state index in [0.717, 1.165) is 22.9 Å². The number of hydrogen-bond donors (Lipinski definition) is 1. The van der Waals surface area contributed by atoms with Gasteiger partial charge in [-0.1, -0.05) is 6.07 Å². The molecule has 2 aromatic heterocycles. The Balaban J connectivity index is 1.68. The highest BCUT2D eigenvalue weighted by atomic mass is 16.5. The van der Waals surface area contributed by atoms with Gasteiger partial charge in [0.15, 0.2) is 0 Å². The number of pyridine rings is 2. The van der Waals surface area contributed by atoms with Crippen LogP contribution in [0.2, 0.25) is 0 Å². The van der Waals surface area contributed by atoms with E-state index in [-0.39, 0.29) is 12.0 Å². The fraction of sp³-hybridized carbons (Fsp3) is 0.286. The first-order valence-electron chi connectivity index (χ1n) is 8.94. The summed E-state index contributed by atoms with van der Waals surface area (Å²) >= 11 is 0. The minimum absolute atomic E-state index is 0.0170. The third kappa shape index (κ3) is 5.41. The summed E-state index contributed by atoms with van der Waals surface area (Å²) < 4.78 is 11.3. The number of aromatic nitrogens is 2. The van der Waals surface area contributed by atoms with Crippen LogP contribution in [0.1, 0.15) is 26.3 Å². The van der Waals surface area contributed by atoms with Gasteiger partial charge in [0.1, 0.15) is 5.75 Å². The van der Waals surface area contributed by atoms with Gasteiger partial charge >= 0.3 is 0 Å². The average molecular weight is 365 g/mol. The Bertz CT molecular complexity index is 924. The summed E-state index contributed by atoms with van der Waals surface area (Å²) in [7, 11) is 0. The minimum atomic E-state index is -0.0170. The molecule has 0 aliphatic carbocycles. The zero-order valence-electron chi connectivity index (χ0n) is 15.7. The van der Waals surface area contributed by atoms with Gasteiger partial charge in [-0.2, -0.15) is 0 Å². The molecular weight excluding hydrogens is 342 g/mol. The van der Waals surface area contributed by atoms with E-state index in [9.17, 15) is 4.79 Å². The number of benzene rings is 1. The lowest BCUT2D eigenvalue weighted by Gasteiger charge is -2.10. The van der Waals surface area contributed by atoms with Crippen molar-refractivity contribution in [1.82, 2.24) is 15.3 Å². The molecule has 0 aliphatic heterocycles. The van der Waals surface area contributed by atoms with Gasteiger partial charge in [-0.3, -0.25) is 4.79 Å². The SMILES string of the molecule is CC(=O)NCCc1ccc2nc(Oc3ccc(OC(C)C)cn3)ccc2c1. The van der Waals surface area contributed by atoms with Crippen molar-refractivity contribution in [3.8, 4) is 17.5 Å². The Morgan fingerprint density at radius 1 is 1.11 bits per heavy atom. The van der Waals surface area contributed by atoms with Crippen molar-refractivity contribution < 1.29 is 14.3 Å². The quantitative estimate of drug-likeness (QED) is 0.688. The first-order chi connectivity index (χ1) is 13.0. The number of amides is 1. The summed E-state index contributed by atoms with van der Waals surface area (Å²) in [5, 5.41) is 3.83. The second-order valence-corrected chi connectivity index (χ2v) is 6.51. The van der Waals surface area contributed by atoms with Gasteiger partial charge in [-0.05, 0) is 50.1 Å². The molecule has 2 heterocycles. The normalized spacial score (nSPS) is 10.8. The van der Waals surface area contributed by atoms with E-state index in [4.69, 9.17) is 9.47 Å². The van der Waals surface area contributed by atoms with Crippen LogP contribution in [0.15, 0.2) is 48.7 Å². The fourth-order valence-electron chi connectivity index (χ4n) is 2.63. The van der Waals surface area contributed by atoms with E-state index in [0.29, 0.717) is 24.1 Å². The Labute approximate surface area is 158 Å². The molecule has 27 heavy (non-hydrogen) atoms. The van der Waals surface area contributed by atoms with E-state index in [2.05, 4.69) is 21.4 Å². The maximum Gasteiger partial charge on any atom is 0.221 e. The van der Waals surface area contributed by atoms with Crippen LogP contribution in [0.5, 0.6) is 17.5 Å². The third-order valence-corrected chi connectivity index (χ3v) is 3.81. The number of carbonyl (C=O) groups is 1. The lowest BCUT2D eigenvalue weighted by atomic mass is 10.1. The van der Waals surface area contributed by atoms with Crippen molar-refractivity contribution in [2.45, 2.75) is 33.3 Å². The van der Waals surface area contributed by atoms with Crippen LogP contribution in [0.4, 0.5) is 0 Å². The van der Waals surface area contributed by atoms with Crippen LogP contribution < -0.4 is 14.8 Å². The molecule has 0 bridgehead atoms. The zero-order chi connectivity index (χ0) is 19.2. The summed E-state index contributed by atoms with van der Waals surface area (Å²) in [4.78, 5) is 19.7. The van der Waals surface area contributed by atoms with Crippen molar-refractivity contribution >= 4 is 16.8 Å². The van der Waals surface area contributed by atoms with Crippen molar-refractivity contribution in [1.29, 1.82) is 0 Å². The summed E-state index contributed by atoms with van der Waals surface area (Å²) in [5.74, 6) is 1.63. The monoisotopic (exact) mass is 365 g/mol. The van der Waals surface area contributed by atoms with Crippen molar-refractivity contribution in [3.63, 3.8) is 0 Å². The summed E-state index contributed by atoms with van der Waals surface area (Å²) in [6, 6.07) is 13.4. The Kier molecular flexibility index (Phi) is 5.86. The first kappa shape index (κ1) is 18.6. The lowest BCUT2D eigenvalue weighted by Crippen LogP contribution is -2.22. The molecule has 0 saturated carbocycles. The highest BCUT2D eigenvalue weighted by molar-refractivity contribution is 5.80. The molecule has 0 fully saturated rings. The Morgan fingerprint density at radius 2 is 1.93 bits per heavy atom. The van der Waals surface area contributed by atoms with E-state index < -0.39 is 0 Å². The maximum atomic E-state index is 11.0. The van der Waals surface area contributed by atoms with E-state index in [1.165, 1.54) is 6.92 Å². The highest BCUT2D eigenvalue weighted by Crippen LogP contribution is 2.23. The molecule has 0 unspecified atom stereocenters. The fourth-order valence-corrected chi connectivity index (χ4v) is 2.63. The third-order valence-electron chi connectivity index (χ3n) is 3.81. The van der Waals surface area contributed by atoms with Crippen LogP contribution >= 0.6 is 0 Å². The molecule has 0 radical (unpaired) electrons. The standard InChI is InChI=1S/C21H23N3O3/c1-14(2)26-18-6-9-20(23-13-18)27-21-8-5-17-12-16(4-7-19(17)24-21)10-11-22-15(3)25/h4-9,12-14H,10-11H2,1-3H3,(H,22,25). The molecule has 0 aliphatic rings. The Hall–Kier alpha value is -3.15. The van der Waals surface area contributed by atoms with Crippen molar-refractivity contribution in [2.75, 3.05) is 6.54 Å². The first-order valence-corrected chi connectivity index (χ1v) is 8.94. The van der Waals surface area contributed by atoms with Crippen LogP contribution in [-0.2, 0) is 11.2 Å².